The number of ether oxygens (including phenoxy) is 1. The first-order valence-electron chi connectivity index (χ1n) is 8.20. The Morgan fingerprint density at radius 3 is 2.57 bits per heavy atom. The van der Waals surface area contributed by atoms with Gasteiger partial charge in [-0.15, -0.1) is 0 Å². The molecule has 4 heteroatoms. The molecular formula is C19H21NO3. The smallest absolute Gasteiger partial charge is 0.125 e. The van der Waals surface area contributed by atoms with Crippen molar-refractivity contribution in [3.05, 3.63) is 48.0 Å². The Labute approximate surface area is 135 Å². The summed E-state index contributed by atoms with van der Waals surface area (Å²) in [5.74, 6) is 0.990. The molecule has 0 aliphatic carbocycles. The van der Waals surface area contributed by atoms with Crippen LogP contribution in [0.5, 0.6) is 11.5 Å². The molecule has 0 radical (unpaired) electrons. The molecule has 0 bridgehead atoms. The first kappa shape index (κ1) is 14.5. The second-order valence-corrected chi connectivity index (χ2v) is 6.37. The standard InChI is InChI=1S/C19H21NO3/c21-15-5-3-4-13(10-15)14-6-7-16-18(11-14)23-12-17(19(16)22)20-8-1-2-9-20/h3-7,10-11,17,19,21-22H,1-2,8-9,12H2. The number of rotatable bonds is 2. The Morgan fingerprint density at radius 1 is 1.00 bits per heavy atom. The highest BCUT2D eigenvalue weighted by Gasteiger charge is 2.34. The van der Waals surface area contributed by atoms with Gasteiger partial charge in [-0.2, -0.15) is 0 Å². The molecule has 2 aliphatic rings. The van der Waals surface area contributed by atoms with Gasteiger partial charge in [0.15, 0.2) is 0 Å². The van der Waals surface area contributed by atoms with Gasteiger partial charge >= 0.3 is 0 Å². The zero-order valence-electron chi connectivity index (χ0n) is 13.0. The lowest BCUT2D eigenvalue weighted by Crippen LogP contribution is -2.44. The van der Waals surface area contributed by atoms with Crippen LogP contribution in [0.3, 0.4) is 0 Å². The van der Waals surface area contributed by atoms with Crippen LogP contribution in [-0.4, -0.2) is 40.9 Å². The molecule has 2 N–H and O–H groups in total. The third-order valence-corrected chi connectivity index (χ3v) is 4.90. The van der Waals surface area contributed by atoms with Crippen LogP contribution in [0.2, 0.25) is 0 Å². The van der Waals surface area contributed by atoms with Gasteiger partial charge < -0.3 is 14.9 Å². The van der Waals surface area contributed by atoms with E-state index in [-0.39, 0.29) is 11.8 Å². The highest BCUT2D eigenvalue weighted by molar-refractivity contribution is 5.67. The third kappa shape index (κ3) is 2.69. The molecule has 2 atom stereocenters. The van der Waals surface area contributed by atoms with Crippen LogP contribution in [0.4, 0.5) is 0 Å². The van der Waals surface area contributed by atoms with Crippen LogP contribution in [0.15, 0.2) is 42.5 Å². The van der Waals surface area contributed by atoms with Crippen molar-refractivity contribution in [3.63, 3.8) is 0 Å². The van der Waals surface area contributed by atoms with Gasteiger partial charge in [0.25, 0.3) is 0 Å². The van der Waals surface area contributed by atoms with Crippen molar-refractivity contribution in [3.8, 4) is 22.6 Å². The Bertz CT molecular complexity index is 710. The van der Waals surface area contributed by atoms with Gasteiger partial charge in [-0.25, -0.2) is 0 Å². The molecule has 2 aromatic carbocycles. The molecule has 0 saturated carbocycles. The first-order valence-corrected chi connectivity index (χ1v) is 8.20. The largest absolute Gasteiger partial charge is 0.508 e. The van der Waals surface area contributed by atoms with Crippen LogP contribution in [-0.2, 0) is 0 Å². The number of hydrogen-bond donors (Lipinski definition) is 2. The Kier molecular flexibility index (Phi) is 3.71. The molecule has 2 unspecified atom stereocenters. The fourth-order valence-corrected chi connectivity index (χ4v) is 3.62. The van der Waals surface area contributed by atoms with E-state index in [0.29, 0.717) is 6.61 Å². The molecule has 120 valence electrons. The summed E-state index contributed by atoms with van der Waals surface area (Å²) >= 11 is 0. The van der Waals surface area contributed by atoms with E-state index >= 15 is 0 Å². The van der Waals surface area contributed by atoms with E-state index in [2.05, 4.69) is 4.90 Å². The first-order chi connectivity index (χ1) is 11.2. The maximum atomic E-state index is 10.7. The summed E-state index contributed by atoms with van der Waals surface area (Å²) in [5.41, 5.74) is 2.77. The number of likely N-dealkylation sites (tertiary alicyclic amines) is 1. The maximum absolute atomic E-state index is 10.7. The summed E-state index contributed by atoms with van der Waals surface area (Å²) in [5, 5.41) is 20.4. The van der Waals surface area contributed by atoms with Gasteiger partial charge in [0, 0.05) is 5.56 Å². The van der Waals surface area contributed by atoms with E-state index in [4.69, 9.17) is 4.74 Å². The lowest BCUT2D eigenvalue weighted by Gasteiger charge is -2.36. The van der Waals surface area contributed by atoms with Gasteiger partial charge in [0.05, 0.1) is 6.04 Å². The number of phenolic OH excluding ortho intramolecular Hbond substituents is 1. The molecule has 1 fully saturated rings. The summed E-state index contributed by atoms with van der Waals surface area (Å²) in [7, 11) is 0. The third-order valence-electron chi connectivity index (χ3n) is 4.90. The summed E-state index contributed by atoms with van der Waals surface area (Å²) in [4.78, 5) is 2.33. The minimum absolute atomic E-state index is 0.0524. The van der Waals surface area contributed by atoms with Crippen LogP contribution < -0.4 is 4.74 Å². The number of aromatic hydroxyl groups is 1. The van der Waals surface area contributed by atoms with E-state index in [1.165, 1.54) is 12.8 Å². The molecule has 2 aromatic rings. The highest BCUT2D eigenvalue weighted by atomic mass is 16.5. The normalized spacial score (nSPS) is 24.2. The monoisotopic (exact) mass is 311 g/mol. The van der Waals surface area contributed by atoms with Crippen molar-refractivity contribution in [2.24, 2.45) is 0 Å². The lowest BCUT2D eigenvalue weighted by atomic mass is 9.95. The van der Waals surface area contributed by atoms with Crippen molar-refractivity contribution in [1.82, 2.24) is 4.90 Å². The van der Waals surface area contributed by atoms with Crippen molar-refractivity contribution in [2.45, 2.75) is 25.0 Å². The molecular weight excluding hydrogens is 290 g/mol. The number of hydrogen-bond acceptors (Lipinski definition) is 4. The Balaban J connectivity index is 1.63. The number of aliphatic hydroxyl groups excluding tert-OH is 1. The fraction of sp³-hybridized carbons (Fsp3) is 0.368. The SMILES string of the molecule is Oc1cccc(-c2ccc3c(c2)OCC(N2CCCC2)C3O)c1. The molecule has 4 rings (SSSR count). The molecule has 1 saturated heterocycles. The van der Waals surface area contributed by atoms with Gasteiger partial charge in [0.2, 0.25) is 0 Å². The van der Waals surface area contributed by atoms with E-state index < -0.39 is 6.10 Å². The Morgan fingerprint density at radius 2 is 1.78 bits per heavy atom. The van der Waals surface area contributed by atoms with E-state index in [0.717, 1.165) is 35.5 Å². The molecule has 4 nitrogen and oxygen atoms in total. The van der Waals surface area contributed by atoms with Crippen LogP contribution in [0.1, 0.15) is 24.5 Å². The molecule has 0 spiro atoms. The second-order valence-electron chi connectivity index (χ2n) is 6.37. The maximum Gasteiger partial charge on any atom is 0.125 e. The Hall–Kier alpha value is -2.04. The number of fused-ring (bicyclic) bond motifs is 1. The number of aliphatic hydroxyl groups is 1. The average molecular weight is 311 g/mol. The summed E-state index contributed by atoms with van der Waals surface area (Å²) in [6.07, 6.45) is 1.90. The van der Waals surface area contributed by atoms with Crippen LogP contribution in [0.25, 0.3) is 11.1 Å². The van der Waals surface area contributed by atoms with E-state index in [9.17, 15) is 10.2 Å². The summed E-state index contributed by atoms with van der Waals surface area (Å²) in [6, 6.07) is 13.1. The van der Waals surface area contributed by atoms with Crippen molar-refractivity contribution >= 4 is 0 Å². The van der Waals surface area contributed by atoms with Crippen LogP contribution in [0, 0.1) is 0 Å². The van der Waals surface area contributed by atoms with Gasteiger partial charge in [-0.3, -0.25) is 4.90 Å². The lowest BCUT2D eigenvalue weighted by molar-refractivity contribution is 0.0140. The number of nitrogens with zero attached hydrogens (tertiary/aromatic N) is 1. The van der Waals surface area contributed by atoms with Crippen LogP contribution >= 0.6 is 0 Å². The van der Waals surface area contributed by atoms with Crippen molar-refractivity contribution in [1.29, 1.82) is 0 Å². The van der Waals surface area contributed by atoms with Gasteiger partial charge in [-0.05, 0) is 55.3 Å². The second kappa shape index (κ2) is 5.87. The molecule has 23 heavy (non-hydrogen) atoms. The molecule has 0 amide bonds. The predicted molar refractivity (Wildman–Crippen MR) is 88.6 cm³/mol. The zero-order chi connectivity index (χ0) is 15.8. The number of benzene rings is 2. The average Bonchev–Trinajstić information content (AvgIpc) is 3.09. The quantitative estimate of drug-likeness (QED) is 0.895. The summed E-state index contributed by atoms with van der Waals surface area (Å²) in [6.45, 7) is 2.61. The van der Waals surface area contributed by atoms with Gasteiger partial charge in [0.1, 0.15) is 24.2 Å². The fourth-order valence-electron chi connectivity index (χ4n) is 3.62. The topological polar surface area (TPSA) is 52.9 Å². The van der Waals surface area contributed by atoms with E-state index in [1.807, 2.05) is 30.3 Å². The zero-order valence-corrected chi connectivity index (χ0v) is 13.0. The minimum atomic E-state index is -0.505. The minimum Gasteiger partial charge on any atom is -0.508 e. The number of phenols is 1. The van der Waals surface area contributed by atoms with E-state index in [1.54, 1.807) is 12.1 Å². The van der Waals surface area contributed by atoms with Crippen molar-refractivity contribution in [2.75, 3.05) is 19.7 Å². The highest BCUT2D eigenvalue weighted by Crippen LogP contribution is 2.38. The van der Waals surface area contributed by atoms with Crippen molar-refractivity contribution < 1.29 is 14.9 Å². The predicted octanol–water partition coefficient (Wildman–Crippen LogP) is 2.95. The molecule has 2 heterocycles. The summed E-state index contributed by atoms with van der Waals surface area (Å²) < 4.78 is 5.95. The molecule has 0 aromatic heterocycles. The van der Waals surface area contributed by atoms with Gasteiger partial charge in [-0.1, -0.05) is 24.3 Å². The molecule has 2 aliphatic heterocycles.